The molecule has 0 aliphatic carbocycles. The first-order valence-electron chi connectivity index (χ1n) is 8.46. The van der Waals surface area contributed by atoms with Crippen LogP contribution in [0.5, 0.6) is 5.75 Å². The number of tetrazole rings is 1. The predicted octanol–water partition coefficient (Wildman–Crippen LogP) is 3.52. The van der Waals surface area contributed by atoms with Crippen molar-refractivity contribution in [3.05, 3.63) is 40.6 Å². The molecule has 3 aromatic heterocycles. The van der Waals surface area contributed by atoms with E-state index in [9.17, 15) is 4.79 Å². The molecule has 28 heavy (non-hydrogen) atoms. The van der Waals surface area contributed by atoms with E-state index >= 15 is 0 Å². The SMILES string of the molecule is CCOc1ccc2nc(NC(=O)CSc3nnnn3Cc3cccs3)sc2c1. The lowest BCUT2D eigenvalue weighted by Crippen LogP contribution is -2.14. The van der Waals surface area contributed by atoms with Gasteiger partial charge in [-0.15, -0.1) is 16.4 Å². The molecule has 3 heterocycles. The number of thiophene rings is 1. The van der Waals surface area contributed by atoms with Crippen molar-refractivity contribution < 1.29 is 9.53 Å². The Morgan fingerprint density at radius 2 is 2.29 bits per heavy atom. The second-order valence-corrected chi connectivity index (χ2v) is 8.62. The minimum atomic E-state index is -0.153. The maximum atomic E-state index is 12.3. The van der Waals surface area contributed by atoms with Gasteiger partial charge in [0, 0.05) is 4.88 Å². The van der Waals surface area contributed by atoms with Crippen LogP contribution in [-0.2, 0) is 11.3 Å². The van der Waals surface area contributed by atoms with Crippen LogP contribution in [0, 0.1) is 0 Å². The molecule has 144 valence electrons. The average molecular weight is 433 g/mol. The van der Waals surface area contributed by atoms with Gasteiger partial charge >= 0.3 is 0 Å². The Bertz CT molecular complexity index is 1080. The summed E-state index contributed by atoms with van der Waals surface area (Å²) >= 11 is 4.35. The monoisotopic (exact) mass is 432 g/mol. The number of carbonyl (C=O) groups is 1. The lowest BCUT2D eigenvalue weighted by atomic mass is 10.3. The van der Waals surface area contributed by atoms with Crippen molar-refractivity contribution in [2.24, 2.45) is 0 Å². The third-order valence-corrected chi connectivity index (χ3v) is 6.39. The van der Waals surface area contributed by atoms with Crippen LogP contribution in [-0.4, -0.2) is 43.5 Å². The average Bonchev–Trinajstić information content (AvgIpc) is 3.41. The standard InChI is InChI=1S/C17H16N6O2S3/c1-2-25-11-5-6-13-14(8-11)28-16(18-13)19-15(24)10-27-17-20-21-22-23(17)9-12-4-3-7-26-12/h3-8H,2,9-10H2,1H3,(H,18,19,24). The van der Waals surface area contributed by atoms with E-state index in [4.69, 9.17) is 4.74 Å². The summed E-state index contributed by atoms with van der Waals surface area (Å²) in [5.41, 5.74) is 0.830. The predicted molar refractivity (Wildman–Crippen MR) is 111 cm³/mol. The first kappa shape index (κ1) is 18.8. The molecule has 0 spiro atoms. The fourth-order valence-corrected chi connectivity index (χ4v) is 4.72. The van der Waals surface area contributed by atoms with Crippen LogP contribution in [0.25, 0.3) is 10.2 Å². The van der Waals surface area contributed by atoms with Crippen LogP contribution in [0.1, 0.15) is 11.8 Å². The number of thiazole rings is 1. The van der Waals surface area contributed by atoms with Gasteiger partial charge in [0.2, 0.25) is 11.1 Å². The molecular formula is C17H16N6O2S3. The fraction of sp³-hybridized carbons (Fsp3) is 0.235. The van der Waals surface area contributed by atoms with Gasteiger partial charge < -0.3 is 10.1 Å². The Kier molecular flexibility index (Phi) is 5.84. The van der Waals surface area contributed by atoms with Crippen molar-refractivity contribution in [2.75, 3.05) is 17.7 Å². The van der Waals surface area contributed by atoms with Gasteiger partial charge in [-0.25, -0.2) is 9.67 Å². The quantitative estimate of drug-likeness (QED) is 0.426. The molecule has 0 radical (unpaired) electrons. The van der Waals surface area contributed by atoms with Crippen LogP contribution in [0.15, 0.2) is 40.9 Å². The van der Waals surface area contributed by atoms with Crippen LogP contribution in [0.3, 0.4) is 0 Å². The molecule has 0 aliphatic heterocycles. The van der Waals surface area contributed by atoms with E-state index in [1.165, 1.54) is 23.1 Å². The minimum absolute atomic E-state index is 0.153. The Morgan fingerprint density at radius 1 is 1.36 bits per heavy atom. The number of nitrogens with zero attached hydrogens (tertiary/aromatic N) is 5. The van der Waals surface area contributed by atoms with Gasteiger partial charge in [0.25, 0.3) is 0 Å². The summed E-state index contributed by atoms with van der Waals surface area (Å²) < 4.78 is 8.16. The number of anilines is 1. The molecule has 0 fully saturated rings. The number of ether oxygens (including phenoxy) is 1. The number of hydrogen-bond donors (Lipinski definition) is 1. The van der Waals surface area contributed by atoms with Crippen molar-refractivity contribution in [1.82, 2.24) is 25.2 Å². The highest BCUT2D eigenvalue weighted by Gasteiger charge is 2.13. The van der Waals surface area contributed by atoms with E-state index in [-0.39, 0.29) is 11.7 Å². The molecular weight excluding hydrogens is 416 g/mol. The Balaban J connectivity index is 1.36. The zero-order chi connectivity index (χ0) is 19.3. The largest absolute Gasteiger partial charge is 0.494 e. The van der Waals surface area contributed by atoms with Gasteiger partial charge in [-0.2, -0.15) is 0 Å². The molecule has 4 aromatic rings. The van der Waals surface area contributed by atoms with E-state index in [2.05, 4.69) is 25.8 Å². The molecule has 4 rings (SSSR count). The van der Waals surface area contributed by atoms with Crippen LogP contribution in [0.2, 0.25) is 0 Å². The zero-order valence-electron chi connectivity index (χ0n) is 14.9. The second-order valence-electron chi connectivity index (χ2n) is 5.62. The molecule has 0 aliphatic rings. The summed E-state index contributed by atoms with van der Waals surface area (Å²) in [5, 5.41) is 17.7. The molecule has 11 heteroatoms. The molecule has 0 saturated heterocycles. The van der Waals surface area contributed by atoms with Crippen molar-refractivity contribution in [1.29, 1.82) is 0 Å². The van der Waals surface area contributed by atoms with E-state index in [1.807, 2.05) is 42.6 Å². The number of fused-ring (bicyclic) bond motifs is 1. The third-order valence-electron chi connectivity index (χ3n) is 3.63. The summed E-state index contributed by atoms with van der Waals surface area (Å²) in [6.45, 7) is 3.14. The first-order chi connectivity index (χ1) is 13.7. The zero-order valence-corrected chi connectivity index (χ0v) is 17.3. The first-order valence-corrected chi connectivity index (χ1v) is 11.1. The number of rotatable bonds is 8. The Labute approximate surface area is 172 Å². The maximum Gasteiger partial charge on any atom is 0.236 e. The van der Waals surface area contributed by atoms with Crippen LogP contribution in [0.4, 0.5) is 5.13 Å². The highest BCUT2D eigenvalue weighted by Crippen LogP contribution is 2.29. The number of aromatic nitrogens is 5. The number of hydrogen-bond acceptors (Lipinski definition) is 9. The molecule has 8 nitrogen and oxygen atoms in total. The summed E-state index contributed by atoms with van der Waals surface area (Å²) in [6.07, 6.45) is 0. The normalized spacial score (nSPS) is 11.0. The summed E-state index contributed by atoms with van der Waals surface area (Å²) in [5.74, 6) is 0.842. The van der Waals surface area contributed by atoms with Crippen LogP contribution >= 0.6 is 34.4 Å². The Morgan fingerprint density at radius 3 is 3.11 bits per heavy atom. The molecule has 1 aromatic carbocycles. The van der Waals surface area contributed by atoms with Gasteiger partial charge in [-0.1, -0.05) is 29.2 Å². The van der Waals surface area contributed by atoms with E-state index < -0.39 is 0 Å². The molecule has 1 amide bonds. The third kappa shape index (κ3) is 4.49. The van der Waals surface area contributed by atoms with Gasteiger partial charge in [0.05, 0.1) is 29.1 Å². The number of amides is 1. The topological polar surface area (TPSA) is 94.8 Å². The highest BCUT2D eigenvalue weighted by atomic mass is 32.2. The summed E-state index contributed by atoms with van der Waals surface area (Å²) in [4.78, 5) is 17.9. The van der Waals surface area contributed by atoms with E-state index in [0.29, 0.717) is 23.4 Å². The van der Waals surface area contributed by atoms with Gasteiger partial charge in [-0.3, -0.25) is 4.79 Å². The van der Waals surface area contributed by atoms with Crippen molar-refractivity contribution in [3.8, 4) is 5.75 Å². The number of benzene rings is 1. The number of nitrogens with one attached hydrogen (secondary N) is 1. The van der Waals surface area contributed by atoms with Gasteiger partial charge in [-0.05, 0) is 47.0 Å². The maximum absolute atomic E-state index is 12.3. The van der Waals surface area contributed by atoms with E-state index in [0.717, 1.165) is 20.8 Å². The molecule has 0 unspecified atom stereocenters. The van der Waals surface area contributed by atoms with Gasteiger partial charge in [0.1, 0.15) is 5.75 Å². The Hall–Kier alpha value is -2.50. The van der Waals surface area contributed by atoms with Crippen molar-refractivity contribution in [2.45, 2.75) is 18.6 Å². The smallest absolute Gasteiger partial charge is 0.236 e. The minimum Gasteiger partial charge on any atom is -0.494 e. The van der Waals surface area contributed by atoms with Crippen molar-refractivity contribution >= 4 is 55.7 Å². The summed E-state index contributed by atoms with van der Waals surface area (Å²) in [6, 6.07) is 9.71. The molecule has 0 atom stereocenters. The number of carbonyl (C=O) groups excluding carboxylic acids is 1. The molecule has 1 N–H and O–H groups in total. The lowest BCUT2D eigenvalue weighted by Gasteiger charge is -2.03. The fourth-order valence-electron chi connectivity index (χ4n) is 2.45. The van der Waals surface area contributed by atoms with Crippen molar-refractivity contribution in [3.63, 3.8) is 0 Å². The number of thioether (sulfide) groups is 1. The van der Waals surface area contributed by atoms with E-state index in [1.54, 1.807) is 16.0 Å². The summed E-state index contributed by atoms with van der Waals surface area (Å²) in [7, 11) is 0. The highest BCUT2D eigenvalue weighted by molar-refractivity contribution is 7.99. The molecule has 0 saturated carbocycles. The van der Waals surface area contributed by atoms with Gasteiger partial charge in [0.15, 0.2) is 5.13 Å². The second kappa shape index (κ2) is 8.67. The molecule has 0 bridgehead atoms. The van der Waals surface area contributed by atoms with Crippen LogP contribution < -0.4 is 10.1 Å². The lowest BCUT2D eigenvalue weighted by molar-refractivity contribution is -0.113.